The van der Waals surface area contributed by atoms with Crippen molar-refractivity contribution in [2.45, 2.75) is 37.7 Å². The molecule has 0 aromatic carbocycles. The van der Waals surface area contributed by atoms with Crippen molar-refractivity contribution in [3.05, 3.63) is 0 Å². The Hall–Kier alpha value is 0.270. The van der Waals surface area contributed by atoms with Crippen LogP contribution in [0.3, 0.4) is 0 Å². The highest BCUT2D eigenvalue weighted by Crippen LogP contribution is 2.41. The molecule has 2 nitrogen and oxygen atoms in total. The van der Waals surface area contributed by atoms with Gasteiger partial charge in [0.2, 0.25) is 0 Å². The third kappa shape index (κ3) is 2.44. The van der Waals surface area contributed by atoms with Crippen LogP contribution in [0.1, 0.15) is 32.1 Å². The number of hydrogen-bond donors (Lipinski definition) is 1. The Morgan fingerprint density at radius 1 is 1.50 bits per heavy atom. The Labute approximate surface area is 91.0 Å². The molecule has 2 atom stereocenters. The number of thioether (sulfide) groups is 1. The molecular weight excluding hydrogens is 194 g/mol. The SMILES string of the molecule is NCCCC1CCOC2(CCSC2)C1. The van der Waals surface area contributed by atoms with E-state index in [1.165, 1.54) is 43.6 Å². The summed E-state index contributed by atoms with van der Waals surface area (Å²) < 4.78 is 5.98. The fourth-order valence-electron chi connectivity index (χ4n) is 2.65. The predicted octanol–water partition coefficient (Wildman–Crippen LogP) is 2.03. The monoisotopic (exact) mass is 215 g/mol. The summed E-state index contributed by atoms with van der Waals surface area (Å²) in [5, 5.41) is 0. The summed E-state index contributed by atoms with van der Waals surface area (Å²) in [5.74, 6) is 3.40. The number of nitrogens with two attached hydrogens (primary N) is 1. The van der Waals surface area contributed by atoms with E-state index in [1.807, 2.05) is 0 Å². The van der Waals surface area contributed by atoms with Gasteiger partial charge in [0.1, 0.15) is 0 Å². The first-order chi connectivity index (χ1) is 6.85. The predicted molar refractivity (Wildman–Crippen MR) is 61.6 cm³/mol. The van der Waals surface area contributed by atoms with E-state index in [2.05, 4.69) is 11.8 Å². The Morgan fingerprint density at radius 2 is 2.43 bits per heavy atom. The summed E-state index contributed by atoms with van der Waals surface area (Å²) >= 11 is 2.06. The summed E-state index contributed by atoms with van der Waals surface area (Å²) in [5.41, 5.74) is 5.82. The molecule has 2 unspecified atom stereocenters. The lowest BCUT2D eigenvalue weighted by Gasteiger charge is -2.37. The fraction of sp³-hybridized carbons (Fsp3) is 1.00. The lowest BCUT2D eigenvalue weighted by molar-refractivity contribution is -0.0806. The van der Waals surface area contributed by atoms with Crippen molar-refractivity contribution < 1.29 is 4.74 Å². The minimum atomic E-state index is 0.266. The first-order valence-corrected chi connectivity index (χ1v) is 6.92. The van der Waals surface area contributed by atoms with Crippen molar-refractivity contribution in [2.75, 3.05) is 24.7 Å². The van der Waals surface area contributed by atoms with Gasteiger partial charge < -0.3 is 10.5 Å². The van der Waals surface area contributed by atoms with Gasteiger partial charge in [0.05, 0.1) is 5.60 Å². The lowest BCUT2D eigenvalue weighted by Crippen LogP contribution is -2.39. The van der Waals surface area contributed by atoms with Crippen molar-refractivity contribution in [3.8, 4) is 0 Å². The quantitative estimate of drug-likeness (QED) is 0.782. The second-order valence-electron chi connectivity index (χ2n) is 4.62. The van der Waals surface area contributed by atoms with E-state index in [-0.39, 0.29) is 5.60 Å². The maximum absolute atomic E-state index is 5.98. The Morgan fingerprint density at radius 3 is 3.14 bits per heavy atom. The van der Waals surface area contributed by atoms with Crippen molar-refractivity contribution in [1.82, 2.24) is 0 Å². The van der Waals surface area contributed by atoms with E-state index in [1.54, 1.807) is 0 Å². The molecule has 2 saturated heterocycles. The molecule has 2 N–H and O–H groups in total. The van der Waals surface area contributed by atoms with Crippen molar-refractivity contribution in [3.63, 3.8) is 0 Å². The molecule has 0 saturated carbocycles. The lowest BCUT2D eigenvalue weighted by atomic mass is 9.83. The third-order valence-corrected chi connectivity index (χ3v) is 4.70. The molecule has 82 valence electrons. The summed E-state index contributed by atoms with van der Waals surface area (Å²) in [6.07, 6.45) is 6.32. The van der Waals surface area contributed by atoms with Crippen LogP contribution in [0.25, 0.3) is 0 Å². The molecule has 2 heterocycles. The Balaban J connectivity index is 1.83. The topological polar surface area (TPSA) is 35.2 Å². The smallest absolute Gasteiger partial charge is 0.0783 e. The minimum Gasteiger partial charge on any atom is -0.374 e. The largest absolute Gasteiger partial charge is 0.374 e. The molecule has 2 fully saturated rings. The van der Waals surface area contributed by atoms with Crippen LogP contribution in [0, 0.1) is 5.92 Å². The van der Waals surface area contributed by atoms with Gasteiger partial charge in [-0.1, -0.05) is 0 Å². The van der Waals surface area contributed by atoms with Crippen molar-refractivity contribution >= 4 is 11.8 Å². The minimum absolute atomic E-state index is 0.266. The molecule has 2 aliphatic rings. The summed E-state index contributed by atoms with van der Waals surface area (Å²) in [4.78, 5) is 0. The number of hydrogen-bond acceptors (Lipinski definition) is 3. The van der Waals surface area contributed by atoms with Gasteiger partial charge in [0, 0.05) is 12.4 Å². The van der Waals surface area contributed by atoms with E-state index in [9.17, 15) is 0 Å². The Kier molecular flexibility index (Phi) is 3.74. The zero-order chi connectivity index (χ0) is 9.86. The fourth-order valence-corrected chi connectivity index (χ4v) is 4.02. The van der Waals surface area contributed by atoms with Gasteiger partial charge in [-0.05, 0) is 50.3 Å². The van der Waals surface area contributed by atoms with Gasteiger partial charge >= 0.3 is 0 Å². The maximum atomic E-state index is 5.98. The highest BCUT2D eigenvalue weighted by atomic mass is 32.2. The Bertz CT molecular complexity index is 180. The van der Waals surface area contributed by atoms with Gasteiger partial charge in [-0.25, -0.2) is 0 Å². The molecular formula is C11H21NOS. The molecule has 1 spiro atoms. The van der Waals surface area contributed by atoms with Crippen molar-refractivity contribution in [1.29, 1.82) is 0 Å². The first kappa shape index (κ1) is 10.8. The first-order valence-electron chi connectivity index (χ1n) is 5.76. The third-order valence-electron chi connectivity index (χ3n) is 3.48. The summed E-state index contributed by atoms with van der Waals surface area (Å²) in [6.45, 7) is 1.83. The molecule has 0 amide bonds. The standard InChI is InChI=1S/C11H21NOS/c12-5-1-2-10-3-6-13-11(8-10)4-7-14-9-11/h10H,1-9,12H2. The zero-order valence-electron chi connectivity index (χ0n) is 8.84. The van der Waals surface area contributed by atoms with E-state index < -0.39 is 0 Å². The van der Waals surface area contributed by atoms with Gasteiger partial charge in [0.15, 0.2) is 0 Å². The van der Waals surface area contributed by atoms with Crippen LogP contribution in [0.15, 0.2) is 0 Å². The highest BCUT2D eigenvalue weighted by Gasteiger charge is 2.39. The van der Waals surface area contributed by atoms with E-state index in [4.69, 9.17) is 10.5 Å². The van der Waals surface area contributed by atoms with E-state index >= 15 is 0 Å². The van der Waals surface area contributed by atoms with Crippen LogP contribution in [-0.2, 0) is 4.74 Å². The van der Waals surface area contributed by atoms with Gasteiger partial charge in [-0.15, -0.1) is 0 Å². The van der Waals surface area contributed by atoms with Crippen LogP contribution in [-0.4, -0.2) is 30.3 Å². The molecule has 3 heteroatoms. The second-order valence-corrected chi connectivity index (χ2v) is 5.73. The van der Waals surface area contributed by atoms with Crippen LogP contribution >= 0.6 is 11.8 Å². The van der Waals surface area contributed by atoms with Crippen LogP contribution in [0.5, 0.6) is 0 Å². The van der Waals surface area contributed by atoms with Gasteiger partial charge in [-0.3, -0.25) is 0 Å². The normalized spacial score (nSPS) is 37.9. The van der Waals surface area contributed by atoms with Crippen LogP contribution in [0.4, 0.5) is 0 Å². The summed E-state index contributed by atoms with van der Waals surface area (Å²) in [7, 11) is 0. The van der Waals surface area contributed by atoms with Gasteiger partial charge in [-0.2, -0.15) is 11.8 Å². The molecule has 2 aliphatic heterocycles. The molecule has 0 aliphatic carbocycles. The molecule has 0 radical (unpaired) electrons. The zero-order valence-corrected chi connectivity index (χ0v) is 9.65. The highest BCUT2D eigenvalue weighted by molar-refractivity contribution is 7.99. The molecule has 0 aromatic rings. The van der Waals surface area contributed by atoms with E-state index in [0.29, 0.717) is 0 Å². The molecule has 14 heavy (non-hydrogen) atoms. The van der Waals surface area contributed by atoms with Crippen molar-refractivity contribution in [2.24, 2.45) is 11.7 Å². The van der Waals surface area contributed by atoms with E-state index in [0.717, 1.165) is 19.1 Å². The average Bonchev–Trinajstić information content (AvgIpc) is 2.63. The van der Waals surface area contributed by atoms with Crippen LogP contribution in [0.2, 0.25) is 0 Å². The molecule has 2 rings (SSSR count). The average molecular weight is 215 g/mol. The number of rotatable bonds is 3. The van der Waals surface area contributed by atoms with Gasteiger partial charge in [0.25, 0.3) is 0 Å². The molecule has 0 bridgehead atoms. The molecule has 0 aromatic heterocycles. The summed E-state index contributed by atoms with van der Waals surface area (Å²) in [6, 6.07) is 0. The maximum Gasteiger partial charge on any atom is 0.0783 e. The van der Waals surface area contributed by atoms with Crippen LogP contribution < -0.4 is 5.73 Å². The second kappa shape index (κ2) is 4.86. The number of ether oxygens (including phenoxy) is 1.